The van der Waals surface area contributed by atoms with Crippen LogP contribution in [-0.2, 0) is 0 Å². The number of nitro groups is 1. The van der Waals surface area contributed by atoms with Crippen LogP contribution in [0.5, 0.6) is 5.75 Å². The predicted molar refractivity (Wildman–Crippen MR) is 87.1 cm³/mol. The van der Waals surface area contributed by atoms with Crippen molar-refractivity contribution in [3.8, 4) is 5.75 Å². The third kappa shape index (κ3) is 3.24. The van der Waals surface area contributed by atoms with Crippen molar-refractivity contribution < 1.29 is 23.2 Å². The van der Waals surface area contributed by atoms with E-state index in [9.17, 15) is 23.7 Å². The predicted octanol–water partition coefficient (Wildman–Crippen LogP) is 3.74. The fraction of sp³-hybridized carbons (Fsp3) is 0.0667. The number of carbonyl (C=O) groups is 1. The number of nitro benzene ring substituents is 1. The van der Waals surface area contributed by atoms with Gasteiger partial charge in [-0.1, -0.05) is 11.3 Å². The Morgan fingerprint density at radius 1 is 1.32 bits per heavy atom. The number of aromatic nitrogens is 1. The van der Waals surface area contributed by atoms with Gasteiger partial charge in [0.15, 0.2) is 16.7 Å². The summed E-state index contributed by atoms with van der Waals surface area (Å²) < 4.78 is 31.9. The smallest absolute Gasteiger partial charge is 0.311 e. The number of hydrogen-bond acceptors (Lipinski definition) is 6. The van der Waals surface area contributed by atoms with Crippen molar-refractivity contribution in [2.75, 3.05) is 12.4 Å². The molecule has 0 aliphatic rings. The first kappa shape index (κ1) is 16.7. The monoisotopic (exact) mass is 365 g/mol. The average Bonchev–Trinajstić information content (AvgIpc) is 2.96. The van der Waals surface area contributed by atoms with Crippen molar-refractivity contribution in [3.05, 3.63) is 57.6 Å². The Morgan fingerprint density at radius 2 is 2.08 bits per heavy atom. The van der Waals surface area contributed by atoms with Crippen molar-refractivity contribution in [1.82, 2.24) is 4.98 Å². The number of halogens is 2. The molecule has 1 heterocycles. The Kier molecular flexibility index (Phi) is 4.28. The third-order valence-corrected chi connectivity index (χ3v) is 4.19. The van der Waals surface area contributed by atoms with E-state index in [1.54, 1.807) is 0 Å². The average molecular weight is 365 g/mol. The zero-order valence-electron chi connectivity index (χ0n) is 12.6. The molecular formula is C15H9F2N3O4S. The lowest BCUT2D eigenvalue weighted by atomic mass is 10.2. The van der Waals surface area contributed by atoms with Crippen molar-refractivity contribution in [2.45, 2.75) is 0 Å². The van der Waals surface area contributed by atoms with Crippen LogP contribution >= 0.6 is 11.3 Å². The summed E-state index contributed by atoms with van der Waals surface area (Å²) in [6.07, 6.45) is 0. The summed E-state index contributed by atoms with van der Waals surface area (Å²) in [6.45, 7) is 0. The normalized spacial score (nSPS) is 10.7. The van der Waals surface area contributed by atoms with E-state index >= 15 is 0 Å². The Balaban J connectivity index is 1.91. The van der Waals surface area contributed by atoms with E-state index in [1.807, 2.05) is 0 Å². The lowest BCUT2D eigenvalue weighted by Crippen LogP contribution is -2.12. The van der Waals surface area contributed by atoms with E-state index in [4.69, 9.17) is 4.74 Å². The van der Waals surface area contributed by atoms with Gasteiger partial charge in [-0.15, -0.1) is 0 Å². The molecule has 3 rings (SSSR count). The molecule has 0 atom stereocenters. The van der Waals surface area contributed by atoms with Crippen LogP contribution in [-0.4, -0.2) is 22.9 Å². The first-order chi connectivity index (χ1) is 11.9. The summed E-state index contributed by atoms with van der Waals surface area (Å²) in [5.41, 5.74) is -0.437. The van der Waals surface area contributed by atoms with Crippen LogP contribution in [0.1, 0.15) is 10.4 Å². The molecule has 10 heteroatoms. The maximum Gasteiger partial charge on any atom is 0.311 e. The molecule has 1 N–H and O–H groups in total. The number of carbonyl (C=O) groups excluding carboxylic acids is 1. The molecule has 0 bridgehead atoms. The molecule has 0 aliphatic heterocycles. The van der Waals surface area contributed by atoms with Gasteiger partial charge in [-0.25, -0.2) is 13.8 Å². The Hall–Kier alpha value is -3.14. The van der Waals surface area contributed by atoms with Crippen LogP contribution in [0.4, 0.5) is 19.6 Å². The molecule has 0 saturated carbocycles. The highest BCUT2D eigenvalue weighted by atomic mass is 32.1. The van der Waals surface area contributed by atoms with Crippen molar-refractivity contribution in [2.24, 2.45) is 0 Å². The lowest BCUT2D eigenvalue weighted by molar-refractivity contribution is -0.385. The van der Waals surface area contributed by atoms with Crippen molar-refractivity contribution in [3.63, 3.8) is 0 Å². The molecule has 3 aromatic rings. The molecule has 0 unspecified atom stereocenters. The van der Waals surface area contributed by atoms with Gasteiger partial charge in [0.05, 0.1) is 16.7 Å². The number of hydrogen-bond donors (Lipinski definition) is 1. The summed E-state index contributed by atoms with van der Waals surface area (Å²) in [7, 11) is 1.27. The quantitative estimate of drug-likeness (QED) is 0.561. The number of anilines is 1. The van der Waals surface area contributed by atoms with E-state index in [2.05, 4.69) is 10.3 Å². The lowest BCUT2D eigenvalue weighted by Gasteiger charge is -2.04. The van der Waals surface area contributed by atoms with Crippen molar-refractivity contribution >= 4 is 38.3 Å². The molecule has 2 aromatic carbocycles. The van der Waals surface area contributed by atoms with Crippen LogP contribution in [0.25, 0.3) is 10.2 Å². The molecule has 1 aromatic heterocycles. The van der Waals surface area contributed by atoms with E-state index < -0.39 is 22.5 Å². The Labute approximate surface area is 143 Å². The maximum absolute atomic E-state index is 13.6. The summed E-state index contributed by atoms with van der Waals surface area (Å²) in [6, 6.07) is 5.49. The van der Waals surface area contributed by atoms with Gasteiger partial charge >= 0.3 is 5.69 Å². The Bertz CT molecular complexity index is 1010. The zero-order chi connectivity index (χ0) is 18.1. The molecule has 7 nitrogen and oxygen atoms in total. The highest BCUT2D eigenvalue weighted by Gasteiger charge is 2.19. The molecule has 1 amide bonds. The Morgan fingerprint density at radius 3 is 2.76 bits per heavy atom. The summed E-state index contributed by atoms with van der Waals surface area (Å²) in [5.74, 6) is -2.26. The van der Waals surface area contributed by atoms with E-state index in [0.717, 1.165) is 23.5 Å². The number of amides is 1. The van der Waals surface area contributed by atoms with Gasteiger partial charge in [0.2, 0.25) is 0 Å². The summed E-state index contributed by atoms with van der Waals surface area (Å²) in [5, 5.41) is 13.5. The van der Waals surface area contributed by atoms with E-state index in [1.165, 1.54) is 19.2 Å². The molecule has 0 saturated heterocycles. The van der Waals surface area contributed by atoms with Gasteiger partial charge in [0.1, 0.15) is 11.3 Å². The first-order valence-electron chi connectivity index (χ1n) is 6.78. The SMILES string of the molecule is COc1ccc(C(=O)Nc2nc3c(F)cc(F)cc3s2)cc1[N+](=O)[O-]. The van der Waals surface area contributed by atoms with Crippen LogP contribution in [0, 0.1) is 21.7 Å². The standard InChI is InChI=1S/C15H9F2N3O4S/c1-24-11-3-2-7(4-10(11)20(22)23)14(21)19-15-18-13-9(17)5-8(16)6-12(13)25-15/h2-6H,1H3,(H,18,19,21). The minimum Gasteiger partial charge on any atom is -0.490 e. The van der Waals surface area contributed by atoms with Gasteiger partial charge in [-0.2, -0.15) is 0 Å². The highest BCUT2D eigenvalue weighted by molar-refractivity contribution is 7.22. The number of nitrogens with one attached hydrogen (secondary N) is 1. The highest BCUT2D eigenvalue weighted by Crippen LogP contribution is 2.30. The fourth-order valence-electron chi connectivity index (χ4n) is 2.15. The molecular weight excluding hydrogens is 356 g/mol. The molecule has 0 aliphatic carbocycles. The topological polar surface area (TPSA) is 94.4 Å². The summed E-state index contributed by atoms with van der Waals surface area (Å²) >= 11 is 0.885. The van der Waals surface area contributed by atoms with Gasteiger partial charge in [-0.3, -0.25) is 20.2 Å². The number of thiazole rings is 1. The van der Waals surface area contributed by atoms with Crippen LogP contribution in [0.3, 0.4) is 0 Å². The van der Waals surface area contributed by atoms with Crippen molar-refractivity contribution in [1.29, 1.82) is 0 Å². The van der Waals surface area contributed by atoms with Gasteiger partial charge in [0.25, 0.3) is 5.91 Å². The maximum atomic E-state index is 13.6. The number of ether oxygens (including phenoxy) is 1. The van der Waals surface area contributed by atoms with Gasteiger partial charge < -0.3 is 4.74 Å². The van der Waals surface area contributed by atoms with Gasteiger partial charge in [-0.05, 0) is 18.2 Å². The number of rotatable bonds is 4. The first-order valence-corrected chi connectivity index (χ1v) is 7.60. The molecule has 128 valence electrons. The molecule has 25 heavy (non-hydrogen) atoms. The van der Waals surface area contributed by atoms with Crippen LogP contribution in [0.15, 0.2) is 30.3 Å². The molecule has 0 radical (unpaired) electrons. The summed E-state index contributed by atoms with van der Waals surface area (Å²) in [4.78, 5) is 26.5. The number of nitrogens with zero attached hydrogens (tertiary/aromatic N) is 2. The number of fused-ring (bicyclic) bond motifs is 1. The largest absolute Gasteiger partial charge is 0.490 e. The zero-order valence-corrected chi connectivity index (χ0v) is 13.4. The molecule has 0 spiro atoms. The number of methoxy groups -OCH3 is 1. The second-order valence-electron chi connectivity index (χ2n) is 4.85. The third-order valence-electron chi connectivity index (χ3n) is 3.27. The van der Waals surface area contributed by atoms with E-state index in [0.29, 0.717) is 6.07 Å². The molecule has 0 fully saturated rings. The minimum atomic E-state index is -0.841. The minimum absolute atomic E-state index is 0.00147. The second kappa shape index (κ2) is 6.40. The van der Waals surface area contributed by atoms with E-state index in [-0.39, 0.29) is 32.3 Å². The second-order valence-corrected chi connectivity index (χ2v) is 5.88. The van der Waals surface area contributed by atoms with Crippen LogP contribution in [0.2, 0.25) is 0 Å². The van der Waals surface area contributed by atoms with Crippen LogP contribution < -0.4 is 10.1 Å². The van der Waals surface area contributed by atoms with Gasteiger partial charge in [0, 0.05) is 17.7 Å². The number of benzene rings is 2. The fourth-order valence-corrected chi connectivity index (χ4v) is 3.05.